The van der Waals surface area contributed by atoms with Crippen LogP contribution in [0.4, 0.5) is 11.5 Å². The molecule has 1 aliphatic rings. The molecule has 1 aliphatic heterocycles. The van der Waals surface area contributed by atoms with Gasteiger partial charge in [0.25, 0.3) is 17.7 Å². The zero-order chi connectivity index (χ0) is 22.5. The van der Waals surface area contributed by atoms with Crippen LogP contribution in [0.3, 0.4) is 0 Å². The predicted molar refractivity (Wildman–Crippen MR) is 123 cm³/mol. The molecule has 1 saturated heterocycles. The number of rotatable bonds is 5. The maximum absolute atomic E-state index is 12.8. The number of hydrogen-bond acceptors (Lipinski definition) is 4. The van der Waals surface area contributed by atoms with Gasteiger partial charge in [0.2, 0.25) is 0 Å². The second-order valence-corrected chi connectivity index (χ2v) is 7.83. The third-order valence-electron chi connectivity index (χ3n) is 5.18. The number of anilines is 2. The molecular formula is C24H21ClN4O3. The summed E-state index contributed by atoms with van der Waals surface area (Å²) in [4.78, 5) is 43.8. The highest BCUT2D eigenvalue weighted by molar-refractivity contribution is 6.30. The van der Waals surface area contributed by atoms with Crippen LogP contribution in [0.15, 0.2) is 66.9 Å². The third-order valence-corrected chi connectivity index (χ3v) is 5.40. The summed E-state index contributed by atoms with van der Waals surface area (Å²) in [6.07, 6.45) is 3.48. The van der Waals surface area contributed by atoms with Crippen molar-refractivity contribution in [3.05, 3.63) is 88.6 Å². The quantitative estimate of drug-likeness (QED) is 0.602. The molecule has 4 rings (SSSR count). The summed E-state index contributed by atoms with van der Waals surface area (Å²) in [5.41, 5.74) is 1.59. The van der Waals surface area contributed by atoms with Gasteiger partial charge >= 0.3 is 0 Å². The van der Waals surface area contributed by atoms with Crippen LogP contribution in [0, 0.1) is 0 Å². The number of para-hydroxylation sites is 1. The van der Waals surface area contributed by atoms with E-state index in [4.69, 9.17) is 11.6 Å². The van der Waals surface area contributed by atoms with E-state index in [1.54, 1.807) is 60.7 Å². The lowest BCUT2D eigenvalue weighted by atomic mass is 10.1. The summed E-state index contributed by atoms with van der Waals surface area (Å²) in [7, 11) is 0. The topological polar surface area (TPSA) is 91.4 Å². The van der Waals surface area contributed by atoms with Gasteiger partial charge in [0, 0.05) is 30.4 Å². The summed E-state index contributed by atoms with van der Waals surface area (Å²) < 4.78 is 0. The lowest BCUT2D eigenvalue weighted by Gasteiger charge is -2.15. The second-order valence-electron chi connectivity index (χ2n) is 7.39. The number of benzene rings is 2. The van der Waals surface area contributed by atoms with Gasteiger partial charge in [0.05, 0.1) is 16.3 Å². The van der Waals surface area contributed by atoms with E-state index in [1.165, 1.54) is 6.20 Å². The molecule has 0 radical (unpaired) electrons. The van der Waals surface area contributed by atoms with Gasteiger partial charge in [0.15, 0.2) is 0 Å². The van der Waals surface area contributed by atoms with Crippen molar-refractivity contribution in [2.45, 2.75) is 12.8 Å². The number of carbonyl (C=O) groups excluding carboxylic acids is 3. The maximum atomic E-state index is 12.8. The monoisotopic (exact) mass is 448 g/mol. The Kier molecular flexibility index (Phi) is 6.47. The summed E-state index contributed by atoms with van der Waals surface area (Å²) in [5.74, 6) is -0.469. The number of aromatic nitrogens is 1. The molecule has 2 heterocycles. The zero-order valence-corrected chi connectivity index (χ0v) is 17.9. The van der Waals surface area contributed by atoms with Crippen molar-refractivity contribution in [3.8, 4) is 0 Å². The van der Waals surface area contributed by atoms with Crippen molar-refractivity contribution in [3.63, 3.8) is 0 Å². The van der Waals surface area contributed by atoms with E-state index in [0.29, 0.717) is 33.2 Å². The minimum atomic E-state index is -0.415. The second kappa shape index (κ2) is 9.62. The Morgan fingerprint density at radius 3 is 2.19 bits per heavy atom. The summed E-state index contributed by atoms with van der Waals surface area (Å²) in [6.45, 7) is 1.54. The largest absolute Gasteiger partial charge is 0.339 e. The van der Waals surface area contributed by atoms with Gasteiger partial charge in [-0.3, -0.25) is 14.4 Å². The van der Waals surface area contributed by atoms with Crippen LogP contribution in [0.1, 0.15) is 43.9 Å². The molecule has 0 spiro atoms. The van der Waals surface area contributed by atoms with Crippen molar-refractivity contribution in [1.82, 2.24) is 9.88 Å². The number of nitrogens with one attached hydrogen (secondary N) is 2. The normalized spacial score (nSPS) is 13.0. The number of nitrogens with zero attached hydrogens (tertiary/aromatic N) is 2. The van der Waals surface area contributed by atoms with Crippen LogP contribution in [0.5, 0.6) is 0 Å². The Balaban J connectivity index is 1.46. The first-order valence-electron chi connectivity index (χ1n) is 10.2. The minimum Gasteiger partial charge on any atom is -0.339 e. The number of hydrogen-bond donors (Lipinski definition) is 2. The van der Waals surface area contributed by atoms with Crippen molar-refractivity contribution in [2.24, 2.45) is 0 Å². The Hall–Kier alpha value is -3.71. The lowest BCUT2D eigenvalue weighted by molar-refractivity contribution is 0.0792. The fraction of sp³-hybridized carbons (Fsp3) is 0.167. The maximum Gasteiger partial charge on any atom is 0.258 e. The Morgan fingerprint density at radius 2 is 1.50 bits per heavy atom. The minimum absolute atomic E-state index is 0.0210. The molecule has 0 bridgehead atoms. The van der Waals surface area contributed by atoms with Gasteiger partial charge in [-0.15, -0.1) is 0 Å². The van der Waals surface area contributed by atoms with Crippen molar-refractivity contribution >= 4 is 40.8 Å². The van der Waals surface area contributed by atoms with E-state index in [-0.39, 0.29) is 11.8 Å². The Labute approximate surface area is 190 Å². The van der Waals surface area contributed by atoms with Crippen molar-refractivity contribution in [2.75, 3.05) is 23.7 Å². The molecular weight excluding hydrogens is 428 g/mol. The van der Waals surface area contributed by atoms with Crippen LogP contribution >= 0.6 is 11.6 Å². The summed E-state index contributed by atoms with van der Waals surface area (Å²) in [5, 5.41) is 5.91. The van der Waals surface area contributed by atoms with Gasteiger partial charge in [-0.25, -0.2) is 4.98 Å². The molecule has 0 unspecified atom stereocenters. The van der Waals surface area contributed by atoms with E-state index in [2.05, 4.69) is 15.6 Å². The molecule has 162 valence electrons. The highest BCUT2D eigenvalue weighted by Gasteiger charge is 2.20. The Morgan fingerprint density at radius 1 is 0.812 bits per heavy atom. The standard InChI is InChI=1S/C24H21ClN4O3/c25-18-11-12-21(26-15-18)28-23(31)19-5-1-2-6-20(19)27-22(30)16-7-9-17(10-8-16)24(32)29-13-3-4-14-29/h1-2,5-12,15H,3-4,13-14H2,(H,27,30)(H,26,28,31). The molecule has 0 aliphatic carbocycles. The van der Waals surface area contributed by atoms with Crippen LogP contribution in [-0.2, 0) is 0 Å². The fourth-order valence-corrected chi connectivity index (χ4v) is 3.60. The number of carbonyl (C=O) groups is 3. The SMILES string of the molecule is O=C(Nc1ccccc1C(=O)Nc1ccc(Cl)cn1)c1ccc(C(=O)N2CCCC2)cc1. The molecule has 7 nitrogen and oxygen atoms in total. The number of likely N-dealkylation sites (tertiary alicyclic amines) is 1. The fourth-order valence-electron chi connectivity index (χ4n) is 3.48. The average Bonchev–Trinajstić information content (AvgIpc) is 3.35. The summed E-state index contributed by atoms with van der Waals surface area (Å²) >= 11 is 5.82. The third kappa shape index (κ3) is 4.95. The van der Waals surface area contributed by atoms with E-state index in [1.807, 2.05) is 4.90 Å². The van der Waals surface area contributed by atoms with Crippen molar-refractivity contribution in [1.29, 1.82) is 0 Å². The van der Waals surface area contributed by atoms with Crippen LogP contribution in [0.2, 0.25) is 5.02 Å². The van der Waals surface area contributed by atoms with E-state index in [9.17, 15) is 14.4 Å². The number of halogens is 1. The average molecular weight is 449 g/mol. The molecule has 2 aromatic carbocycles. The summed E-state index contributed by atoms with van der Waals surface area (Å²) in [6, 6.07) is 16.4. The molecule has 8 heteroatoms. The number of pyridine rings is 1. The van der Waals surface area contributed by atoms with E-state index < -0.39 is 5.91 Å². The predicted octanol–water partition coefficient (Wildman–Crippen LogP) is 4.48. The highest BCUT2D eigenvalue weighted by atomic mass is 35.5. The molecule has 3 amide bonds. The first-order valence-corrected chi connectivity index (χ1v) is 10.6. The highest BCUT2D eigenvalue weighted by Crippen LogP contribution is 2.19. The molecule has 2 N–H and O–H groups in total. The van der Waals surface area contributed by atoms with Gasteiger partial charge in [-0.1, -0.05) is 23.7 Å². The van der Waals surface area contributed by atoms with E-state index >= 15 is 0 Å². The Bertz CT molecular complexity index is 1140. The van der Waals surface area contributed by atoms with Crippen molar-refractivity contribution < 1.29 is 14.4 Å². The van der Waals surface area contributed by atoms with Gasteiger partial charge < -0.3 is 15.5 Å². The molecule has 1 aromatic heterocycles. The molecule has 0 atom stereocenters. The van der Waals surface area contributed by atoms with Crippen LogP contribution in [0.25, 0.3) is 0 Å². The molecule has 0 saturated carbocycles. The van der Waals surface area contributed by atoms with Crippen LogP contribution in [-0.4, -0.2) is 40.7 Å². The smallest absolute Gasteiger partial charge is 0.258 e. The van der Waals surface area contributed by atoms with Gasteiger partial charge in [0.1, 0.15) is 5.82 Å². The van der Waals surface area contributed by atoms with Gasteiger partial charge in [-0.2, -0.15) is 0 Å². The molecule has 32 heavy (non-hydrogen) atoms. The lowest BCUT2D eigenvalue weighted by Crippen LogP contribution is -2.27. The molecule has 3 aromatic rings. The number of amides is 3. The molecule has 1 fully saturated rings. The van der Waals surface area contributed by atoms with Crippen LogP contribution < -0.4 is 10.6 Å². The van der Waals surface area contributed by atoms with Gasteiger partial charge in [-0.05, 0) is 61.4 Å². The first kappa shape index (κ1) is 21.5. The first-order chi connectivity index (χ1) is 15.5. The van der Waals surface area contributed by atoms with E-state index in [0.717, 1.165) is 25.9 Å². The zero-order valence-electron chi connectivity index (χ0n) is 17.2.